The van der Waals surface area contributed by atoms with E-state index in [1.54, 1.807) is 6.92 Å². The summed E-state index contributed by atoms with van der Waals surface area (Å²) < 4.78 is 80.9. The van der Waals surface area contributed by atoms with Gasteiger partial charge in [0.15, 0.2) is 0 Å². The van der Waals surface area contributed by atoms with Crippen molar-refractivity contribution in [3.63, 3.8) is 0 Å². The van der Waals surface area contributed by atoms with E-state index in [1.165, 1.54) is 18.2 Å². The largest absolute Gasteiger partial charge is 0.508 e. The average Bonchev–Trinajstić information content (AvgIpc) is 3.66. The number of phenolic OH excluding ortho intramolecular Hbond substituents is 1. The van der Waals surface area contributed by atoms with Gasteiger partial charge in [-0.2, -0.15) is 23.1 Å². The summed E-state index contributed by atoms with van der Waals surface area (Å²) in [5.41, 5.74) is -3.30. The molecule has 5 aliphatic rings. The molecule has 9 rings (SSSR count). The number of halogens is 5. The third-order valence-electron chi connectivity index (χ3n) is 11.2. The number of aryl methyl sites for hydroxylation is 1. The molecular formula is C35H37F5N6O3. The van der Waals surface area contributed by atoms with Gasteiger partial charge in [0, 0.05) is 42.7 Å². The van der Waals surface area contributed by atoms with E-state index in [9.17, 15) is 14.3 Å². The Morgan fingerprint density at radius 1 is 1.12 bits per heavy atom. The molecule has 49 heavy (non-hydrogen) atoms. The molecule has 260 valence electrons. The van der Waals surface area contributed by atoms with Crippen LogP contribution in [0.25, 0.3) is 27.4 Å². The molecule has 5 aliphatic heterocycles. The fraction of sp³-hybridized carbons (Fsp3) is 0.514. The molecule has 2 bridgehead atoms. The van der Waals surface area contributed by atoms with Crippen molar-refractivity contribution in [2.24, 2.45) is 0 Å². The zero-order valence-corrected chi connectivity index (χ0v) is 27.0. The van der Waals surface area contributed by atoms with E-state index in [0.29, 0.717) is 24.1 Å². The third kappa shape index (κ3) is 5.20. The molecular weight excluding hydrogens is 647 g/mol. The molecule has 0 saturated carbocycles. The summed E-state index contributed by atoms with van der Waals surface area (Å²) in [4.78, 5) is 27.8. The molecule has 2 aromatic heterocycles. The fourth-order valence-corrected chi connectivity index (χ4v) is 8.82. The first-order valence-corrected chi connectivity index (χ1v) is 17.0. The Kier molecular flexibility index (Phi) is 7.74. The van der Waals surface area contributed by atoms with Crippen LogP contribution in [-0.4, -0.2) is 81.1 Å². The summed E-state index contributed by atoms with van der Waals surface area (Å²) in [5, 5.41) is 14.4. The smallest absolute Gasteiger partial charge is 0.431 e. The number of alkyl halides is 4. The number of fused-ring (bicyclic) bond motifs is 6. The van der Waals surface area contributed by atoms with Crippen LogP contribution < -0.4 is 20.5 Å². The lowest BCUT2D eigenvalue weighted by Crippen LogP contribution is -2.61. The first-order valence-electron chi connectivity index (χ1n) is 17.0. The Labute approximate surface area is 278 Å². The van der Waals surface area contributed by atoms with Gasteiger partial charge in [-0.05, 0) is 80.6 Å². The lowest BCUT2D eigenvalue weighted by Gasteiger charge is -2.46. The van der Waals surface area contributed by atoms with Crippen LogP contribution in [0.2, 0.25) is 0 Å². The molecule has 5 fully saturated rings. The van der Waals surface area contributed by atoms with Gasteiger partial charge in [-0.1, -0.05) is 13.0 Å². The standard InChI is InChI=1S/C35H37F5N6O3/c1-2-24-26(37)7-4-19-12-23(47)13-27(29(19)24)46-28(35(38,39)40)14-25-30(32(46)48)42-33(43-31(25)44-17-20-5-6-22(44)16-41-20)49-18-34-9-3-11-45(34)21(15-36)8-10-34/h4,7,12-14,20-22,41,47H,2-3,5-6,8-11,15-18H2,1H3/t20?,21-,22?,34-/m1/s1. The average molecular weight is 685 g/mol. The molecule has 9 nitrogen and oxygen atoms in total. The Bertz CT molecular complexity index is 2010. The highest BCUT2D eigenvalue weighted by Gasteiger charge is 2.50. The van der Waals surface area contributed by atoms with E-state index in [1.807, 2.05) is 4.90 Å². The number of ether oxygens (including phenoxy) is 1. The summed E-state index contributed by atoms with van der Waals surface area (Å²) in [6, 6.07) is 5.50. The molecule has 0 aliphatic carbocycles. The maximum Gasteiger partial charge on any atom is 0.431 e. The zero-order valence-electron chi connectivity index (χ0n) is 27.0. The number of nitrogens with one attached hydrogen (secondary N) is 1. The predicted octanol–water partition coefficient (Wildman–Crippen LogP) is 5.65. The van der Waals surface area contributed by atoms with Crippen LogP contribution in [0.15, 0.2) is 35.1 Å². The van der Waals surface area contributed by atoms with E-state index < -0.39 is 35.5 Å². The van der Waals surface area contributed by atoms with Crippen molar-refractivity contribution >= 4 is 27.5 Å². The molecule has 4 aromatic rings. The van der Waals surface area contributed by atoms with Crippen molar-refractivity contribution in [2.75, 3.05) is 37.8 Å². The van der Waals surface area contributed by atoms with Gasteiger partial charge in [0.1, 0.15) is 41.9 Å². The number of benzene rings is 2. The second kappa shape index (κ2) is 11.8. The number of anilines is 1. The Morgan fingerprint density at radius 2 is 1.96 bits per heavy atom. The van der Waals surface area contributed by atoms with E-state index in [2.05, 4.69) is 15.2 Å². The van der Waals surface area contributed by atoms with Crippen LogP contribution in [0.5, 0.6) is 11.8 Å². The van der Waals surface area contributed by atoms with Gasteiger partial charge >= 0.3 is 12.2 Å². The molecule has 2 N–H and O–H groups in total. The first kappa shape index (κ1) is 32.2. The first-order chi connectivity index (χ1) is 23.5. The molecule has 5 saturated heterocycles. The number of phenols is 1. The minimum absolute atomic E-state index is 0.0677. The molecule has 0 spiro atoms. The van der Waals surface area contributed by atoms with Crippen LogP contribution in [0, 0.1) is 5.82 Å². The summed E-state index contributed by atoms with van der Waals surface area (Å²) in [5.74, 6) is -0.842. The number of aromatic hydroxyl groups is 1. The van der Waals surface area contributed by atoms with E-state index in [4.69, 9.17) is 9.72 Å². The second-order valence-corrected chi connectivity index (χ2v) is 13.8. The third-order valence-corrected chi connectivity index (χ3v) is 11.2. The quantitative estimate of drug-likeness (QED) is 0.242. The molecule has 14 heteroatoms. The van der Waals surface area contributed by atoms with Crippen molar-refractivity contribution in [3.8, 4) is 17.4 Å². The van der Waals surface area contributed by atoms with Crippen LogP contribution >= 0.6 is 0 Å². The summed E-state index contributed by atoms with van der Waals surface area (Å²) >= 11 is 0. The number of nitrogens with zero attached hydrogens (tertiary/aromatic N) is 5. The number of pyridine rings is 1. The minimum Gasteiger partial charge on any atom is -0.508 e. The Morgan fingerprint density at radius 3 is 2.65 bits per heavy atom. The number of rotatable bonds is 7. The summed E-state index contributed by atoms with van der Waals surface area (Å²) in [7, 11) is 0. The number of piperazine rings is 1. The van der Waals surface area contributed by atoms with E-state index >= 15 is 17.6 Å². The highest BCUT2D eigenvalue weighted by atomic mass is 19.4. The van der Waals surface area contributed by atoms with Crippen molar-refractivity contribution in [2.45, 2.75) is 81.7 Å². The SMILES string of the molecule is CCc1c(F)ccc2cc(O)cc(-n3c(C(F)(F)F)cc4c(N5CC6CCC5CN6)nc(OC[C@]56CCCN5[C@@H](CF)CC6)nc4c3=O)c12. The maximum absolute atomic E-state index is 15.1. The number of hydrogen-bond donors (Lipinski definition) is 2. The molecule has 0 amide bonds. The highest BCUT2D eigenvalue weighted by Crippen LogP contribution is 2.44. The van der Waals surface area contributed by atoms with Crippen LogP contribution in [0.1, 0.15) is 56.7 Å². The number of piperidine rings is 2. The van der Waals surface area contributed by atoms with Gasteiger partial charge in [-0.25, -0.2) is 8.78 Å². The van der Waals surface area contributed by atoms with Crippen molar-refractivity contribution in [1.29, 1.82) is 0 Å². The number of hydrogen-bond acceptors (Lipinski definition) is 8. The normalized spacial score (nSPS) is 25.5. The van der Waals surface area contributed by atoms with E-state index in [0.717, 1.165) is 50.8 Å². The van der Waals surface area contributed by atoms with E-state index in [-0.39, 0.29) is 81.7 Å². The van der Waals surface area contributed by atoms with Gasteiger partial charge in [-0.3, -0.25) is 14.3 Å². The minimum atomic E-state index is -5.03. The topological polar surface area (TPSA) is 95.8 Å². The molecule has 4 atom stereocenters. The van der Waals surface area contributed by atoms with Gasteiger partial charge in [0.2, 0.25) is 0 Å². The van der Waals surface area contributed by atoms with Crippen LogP contribution in [0.4, 0.5) is 27.8 Å². The molecule has 2 aromatic carbocycles. The highest BCUT2D eigenvalue weighted by molar-refractivity contribution is 5.96. The lowest BCUT2D eigenvalue weighted by atomic mass is 9.93. The lowest BCUT2D eigenvalue weighted by molar-refractivity contribution is -0.142. The Hall–Kier alpha value is -4.04. The van der Waals surface area contributed by atoms with Crippen LogP contribution in [-0.2, 0) is 12.6 Å². The fourth-order valence-electron chi connectivity index (χ4n) is 8.82. The maximum atomic E-state index is 15.1. The molecule has 0 radical (unpaired) electrons. The van der Waals surface area contributed by atoms with Crippen molar-refractivity contribution in [3.05, 3.63) is 57.8 Å². The Balaban J connectivity index is 1.36. The van der Waals surface area contributed by atoms with Gasteiger partial charge < -0.3 is 20.1 Å². The summed E-state index contributed by atoms with van der Waals surface area (Å²) in [6.45, 7) is 3.18. The predicted molar refractivity (Wildman–Crippen MR) is 174 cm³/mol. The molecule has 2 unspecified atom stereocenters. The second-order valence-electron chi connectivity index (χ2n) is 13.8. The zero-order chi connectivity index (χ0) is 34.2. The van der Waals surface area contributed by atoms with Gasteiger partial charge in [0.05, 0.1) is 16.6 Å². The van der Waals surface area contributed by atoms with Gasteiger partial charge in [-0.15, -0.1) is 0 Å². The van der Waals surface area contributed by atoms with Crippen LogP contribution in [0.3, 0.4) is 0 Å². The number of aromatic nitrogens is 3. The molecule has 7 heterocycles. The van der Waals surface area contributed by atoms with Crippen molar-refractivity contribution < 1.29 is 31.8 Å². The summed E-state index contributed by atoms with van der Waals surface area (Å²) in [6.07, 6.45) is -0.0918. The van der Waals surface area contributed by atoms with Crippen molar-refractivity contribution in [1.82, 2.24) is 24.8 Å². The monoisotopic (exact) mass is 684 g/mol. The van der Waals surface area contributed by atoms with Gasteiger partial charge in [0.25, 0.3) is 5.56 Å².